The van der Waals surface area contributed by atoms with Gasteiger partial charge in [0.1, 0.15) is 0 Å². The van der Waals surface area contributed by atoms with Crippen molar-refractivity contribution in [2.24, 2.45) is 0 Å². The van der Waals surface area contributed by atoms with E-state index in [0.717, 1.165) is 31.4 Å². The molecule has 4 rings (SSSR count). The molecule has 8 heteroatoms. The third-order valence-corrected chi connectivity index (χ3v) is 6.82. The van der Waals surface area contributed by atoms with Crippen LogP contribution in [0.2, 0.25) is 0 Å². The van der Waals surface area contributed by atoms with Crippen molar-refractivity contribution in [2.75, 3.05) is 0 Å². The van der Waals surface area contributed by atoms with E-state index in [1.54, 1.807) is 18.2 Å². The summed E-state index contributed by atoms with van der Waals surface area (Å²) in [6.07, 6.45) is 5.09. The van der Waals surface area contributed by atoms with Crippen molar-refractivity contribution in [2.45, 2.75) is 68.5 Å². The second-order valence-corrected chi connectivity index (χ2v) is 9.61. The van der Waals surface area contributed by atoms with Crippen molar-refractivity contribution in [3.63, 3.8) is 0 Å². The number of benzene rings is 2. The number of amides is 1. The van der Waals surface area contributed by atoms with Crippen molar-refractivity contribution >= 4 is 17.7 Å². The molecule has 6 nitrogen and oxygen atoms in total. The summed E-state index contributed by atoms with van der Waals surface area (Å²) in [5, 5.41) is 12.2. The first-order valence-electron chi connectivity index (χ1n) is 11.4. The number of aromatic nitrogens is 3. The van der Waals surface area contributed by atoms with Crippen LogP contribution >= 0.6 is 11.8 Å². The highest BCUT2D eigenvalue weighted by Gasteiger charge is 2.26. The third-order valence-electron chi connectivity index (χ3n) is 5.78. The molecule has 174 valence electrons. The summed E-state index contributed by atoms with van der Waals surface area (Å²) >= 11 is 1.36. The van der Waals surface area contributed by atoms with Gasteiger partial charge in [-0.05, 0) is 51.0 Å². The molecule has 1 amide bonds. The molecule has 1 heterocycles. The van der Waals surface area contributed by atoms with Crippen LogP contribution in [0.15, 0.2) is 59.8 Å². The van der Waals surface area contributed by atoms with E-state index < -0.39 is 11.9 Å². The maximum atomic E-state index is 14.1. The number of para-hydroxylation sites is 2. The lowest BCUT2D eigenvalue weighted by molar-refractivity contribution is -0.121. The van der Waals surface area contributed by atoms with Gasteiger partial charge >= 0.3 is 0 Å². The molecule has 2 unspecified atom stereocenters. The average molecular weight is 469 g/mol. The number of nitrogens with zero attached hydrogens (tertiary/aromatic N) is 3. The predicted octanol–water partition coefficient (Wildman–Crippen LogP) is 5.48. The van der Waals surface area contributed by atoms with Crippen molar-refractivity contribution < 1.29 is 13.9 Å². The van der Waals surface area contributed by atoms with Gasteiger partial charge in [-0.15, -0.1) is 10.2 Å². The Morgan fingerprint density at radius 1 is 1.06 bits per heavy atom. The van der Waals surface area contributed by atoms with Gasteiger partial charge in [-0.1, -0.05) is 61.4 Å². The van der Waals surface area contributed by atoms with Crippen LogP contribution in [-0.2, 0) is 4.79 Å². The smallest absolute Gasteiger partial charge is 0.233 e. The van der Waals surface area contributed by atoms with E-state index in [4.69, 9.17) is 4.74 Å². The van der Waals surface area contributed by atoms with E-state index in [1.807, 2.05) is 48.7 Å². The molecule has 0 spiro atoms. The molecule has 2 aromatic carbocycles. The van der Waals surface area contributed by atoms with E-state index in [0.29, 0.717) is 11.0 Å². The third kappa shape index (κ3) is 5.74. The summed E-state index contributed by atoms with van der Waals surface area (Å²) in [5.41, 5.74) is 0.851. The fourth-order valence-electron chi connectivity index (χ4n) is 4.00. The minimum atomic E-state index is -0.560. The Morgan fingerprint density at radius 3 is 2.48 bits per heavy atom. The van der Waals surface area contributed by atoms with Gasteiger partial charge in [-0.3, -0.25) is 9.36 Å². The van der Waals surface area contributed by atoms with Gasteiger partial charge in [0.05, 0.1) is 5.25 Å². The van der Waals surface area contributed by atoms with Crippen LogP contribution in [-0.4, -0.2) is 32.0 Å². The summed E-state index contributed by atoms with van der Waals surface area (Å²) in [5.74, 6) is 0.262. The molecule has 1 N–H and O–H groups in total. The van der Waals surface area contributed by atoms with E-state index in [2.05, 4.69) is 15.5 Å². The zero-order chi connectivity index (χ0) is 23.2. The number of carbonyl (C=O) groups is 1. The first-order valence-corrected chi connectivity index (χ1v) is 12.3. The van der Waals surface area contributed by atoms with Crippen molar-refractivity contribution in [1.29, 1.82) is 0 Å². The van der Waals surface area contributed by atoms with Gasteiger partial charge in [-0.2, -0.15) is 0 Å². The number of rotatable bonds is 8. The Bertz CT molecular complexity index is 1070. The summed E-state index contributed by atoms with van der Waals surface area (Å²) in [7, 11) is 0. The van der Waals surface area contributed by atoms with Gasteiger partial charge in [0.2, 0.25) is 5.91 Å². The van der Waals surface area contributed by atoms with Gasteiger partial charge in [0, 0.05) is 11.7 Å². The lowest BCUT2D eigenvalue weighted by Gasteiger charge is -2.24. The lowest BCUT2D eigenvalue weighted by atomic mass is 9.95. The normalized spacial score (nSPS) is 16.2. The molecule has 33 heavy (non-hydrogen) atoms. The first-order chi connectivity index (χ1) is 16.0. The fourth-order valence-corrected chi connectivity index (χ4v) is 4.88. The Labute approximate surface area is 197 Å². The number of hydrogen-bond acceptors (Lipinski definition) is 5. The molecule has 1 fully saturated rings. The van der Waals surface area contributed by atoms with Crippen LogP contribution < -0.4 is 10.1 Å². The maximum Gasteiger partial charge on any atom is 0.233 e. The quantitative estimate of drug-likeness (QED) is 0.444. The lowest BCUT2D eigenvalue weighted by Crippen LogP contribution is -2.40. The molecule has 1 aromatic heterocycles. The molecule has 0 bridgehead atoms. The molecule has 0 aliphatic heterocycles. The highest BCUT2D eigenvalue weighted by molar-refractivity contribution is 8.00. The van der Waals surface area contributed by atoms with E-state index in [-0.39, 0.29) is 22.9 Å². The minimum Gasteiger partial charge on any atom is -0.480 e. The van der Waals surface area contributed by atoms with Crippen LogP contribution in [0.4, 0.5) is 4.39 Å². The van der Waals surface area contributed by atoms with E-state index in [9.17, 15) is 9.18 Å². The zero-order valence-corrected chi connectivity index (χ0v) is 19.7. The summed E-state index contributed by atoms with van der Waals surface area (Å²) in [6, 6.07) is 16.2. The van der Waals surface area contributed by atoms with Crippen molar-refractivity contribution in [3.05, 3.63) is 66.2 Å². The Hall–Kier alpha value is -2.87. The molecular formula is C25H29FN4O2S. The van der Waals surface area contributed by atoms with Crippen LogP contribution in [0.1, 0.15) is 57.9 Å². The average Bonchev–Trinajstić information content (AvgIpc) is 3.25. The molecule has 0 saturated heterocycles. The predicted molar refractivity (Wildman–Crippen MR) is 127 cm³/mol. The van der Waals surface area contributed by atoms with Gasteiger partial charge in [-0.25, -0.2) is 4.39 Å². The van der Waals surface area contributed by atoms with Crippen LogP contribution in [0.3, 0.4) is 0 Å². The second kappa shape index (κ2) is 10.8. The SMILES string of the molecule is CC(Sc1nnc(C(C)Oc2ccccc2F)n1-c1ccccc1)C(=O)NC1CCCCC1. The number of thioether (sulfide) groups is 1. The molecule has 1 aliphatic carbocycles. The second-order valence-electron chi connectivity index (χ2n) is 8.31. The number of hydrogen-bond donors (Lipinski definition) is 1. The Kier molecular flexibility index (Phi) is 7.65. The number of ether oxygens (including phenoxy) is 1. The standard InChI is InChI=1S/C25H29FN4O2S/c1-17(32-22-16-10-9-15-21(22)26)23-28-29-25(30(23)20-13-7-4-8-14-20)33-18(2)24(31)27-19-11-5-3-6-12-19/h4,7-10,13-19H,3,5-6,11-12H2,1-2H3,(H,27,31). The minimum absolute atomic E-state index is 0.00622. The van der Waals surface area contributed by atoms with Gasteiger partial charge < -0.3 is 10.1 Å². The molecule has 1 aliphatic rings. The molecule has 0 radical (unpaired) electrons. The summed E-state index contributed by atoms with van der Waals surface area (Å²) in [6.45, 7) is 3.69. The van der Waals surface area contributed by atoms with Crippen LogP contribution in [0.5, 0.6) is 5.75 Å². The highest BCUT2D eigenvalue weighted by atomic mass is 32.2. The zero-order valence-electron chi connectivity index (χ0n) is 18.9. The van der Waals surface area contributed by atoms with Crippen LogP contribution in [0.25, 0.3) is 5.69 Å². The topological polar surface area (TPSA) is 69.0 Å². The Morgan fingerprint density at radius 2 is 1.76 bits per heavy atom. The number of halogens is 1. The Balaban J connectivity index is 1.56. The molecule has 1 saturated carbocycles. The number of nitrogens with one attached hydrogen (secondary N) is 1. The largest absolute Gasteiger partial charge is 0.480 e. The maximum absolute atomic E-state index is 14.1. The molecular weight excluding hydrogens is 439 g/mol. The van der Waals surface area contributed by atoms with Crippen molar-refractivity contribution in [3.8, 4) is 11.4 Å². The highest BCUT2D eigenvalue weighted by Crippen LogP contribution is 2.30. The van der Waals surface area contributed by atoms with E-state index >= 15 is 0 Å². The van der Waals surface area contributed by atoms with Crippen LogP contribution in [0, 0.1) is 5.82 Å². The monoisotopic (exact) mass is 468 g/mol. The fraction of sp³-hybridized carbons (Fsp3) is 0.400. The van der Waals surface area contributed by atoms with Crippen molar-refractivity contribution in [1.82, 2.24) is 20.1 Å². The van der Waals surface area contributed by atoms with E-state index in [1.165, 1.54) is 24.2 Å². The first kappa shape index (κ1) is 23.3. The summed E-state index contributed by atoms with van der Waals surface area (Å²) in [4.78, 5) is 12.8. The van der Waals surface area contributed by atoms with Gasteiger partial charge in [0.25, 0.3) is 0 Å². The number of carbonyl (C=O) groups excluding carboxylic acids is 1. The van der Waals surface area contributed by atoms with Gasteiger partial charge in [0.15, 0.2) is 28.7 Å². The molecule has 2 atom stereocenters. The summed E-state index contributed by atoms with van der Waals surface area (Å²) < 4.78 is 21.9. The molecule has 3 aromatic rings.